The van der Waals surface area contributed by atoms with E-state index in [-0.39, 0.29) is 17.2 Å². The first-order chi connectivity index (χ1) is 16.6. The lowest BCUT2D eigenvalue weighted by Crippen LogP contribution is -2.44. The maximum Gasteiger partial charge on any atom is 0.227 e. The molecule has 2 aliphatic heterocycles. The number of rotatable bonds is 6. The molecule has 0 aliphatic carbocycles. The minimum absolute atomic E-state index is 0.0490. The van der Waals surface area contributed by atoms with E-state index in [4.69, 9.17) is 18.9 Å². The van der Waals surface area contributed by atoms with E-state index in [9.17, 15) is 4.79 Å². The van der Waals surface area contributed by atoms with Crippen molar-refractivity contribution < 1.29 is 23.7 Å². The van der Waals surface area contributed by atoms with Crippen LogP contribution in [-0.4, -0.2) is 39.2 Å². The molecule has 7 heteroatoms. The maximum absolute atomic E-state index is 13.5. The van der Waals surface area contributed by atoms with E-state index < -0.39 is 0 Å². The summed E-state index contributed by atoms with van der Waals surface area (Å²) in [5, 5.41) is -0.0490. The molecule has 0 saturated carbocycles. The standard InChI is InChI=1S/C27H27NO5S/c1-30-21-11-10-18-20(26(21)33-4)15-28-24(29)13-16-12-22(31-2)23(32-3)14-19(16)25(28)27(18)34-17-8-6-5-7-9-17/h5-12,14,25,27H,13,15H2,1-4H3/t25-,27-/m1/s1. The molecule has 6 nitrogen and oxygen atoms in total. The molecule has 2 atom stereocenters. The number of hydrogen-bond donors (Lipinski definition) is 0. The van der Waals surface area contributed by atoms with Gasteiger partial charge in [-0.25, -0.2) is 0 Å². The van der Waals surface area contributed by atoms with Crippen molar-refractivity contribution in [1.82, 2.24) is 4.90 Å². The van der Waals surface area contributed by atoms with Gasteiger partial charge in [-0.1, -0.05) is 24.3 Å². The predicted octanol–water partition coefficient (Wildman–Crippen LogP) is 5.19. The molecule has 0 N–H and O–H groups in total. The molecule has 0 aromatic heterocycles. The quantitative estimate of drug-likeness (QED) is 0.487. The van der Waals surface area contributed by atoms with Crippen LogP contribution in [0.5, 0.6) is 23.0 Å². The number of hydrogen-bond acceptors (Lipinski definition) is 6. The Bertz CT molecular complexity index is 1230. The maximum atomic E-state index is 13.5. The summed E-state index contributed by atoms with van der Waals surface area (Å²) < 4.78 is 22.5. The molecule has 3 aromatic carbocycles. The summed E-state index contributed by atoms with van der Waals surface area (Å²) in [6.45, 7) is 0.457. The van der Waals surface area contributed by atoms with Gasteiger partial charge < -0.3 is 23.8 Å². The van der Waals surface area contributed by atoms with E-state index in [2.05, 4.69) is 18.2 Å². The van der Waals surface area contributed by atoms with Crippen molar-refractivity contribution >= 4 is 17.7 Å². The molecule has 1 amide bonds. The molecule has 176 valence electrons. The number of ether oxygens (including phenoxy) is 4. The van der Waals surface area contributed by atoms with Crippen molar-refractivity contribution in [3.8, 4) is 23.0 Å². The molecule has 5 rings (SSSR count). The summed E-state index contributed by atoms with van der Waals surface area (Å²) >= 11 is 1.75. The molecule has 0 unspecified atom stereocenters. The number of carbonyl (C=O) groups excluding carboxylic acids is 1. The lowest BCUT2D eigenvalue weighted by Gasteiger charge is -2.46. The Morgan fingerprint density at radius 3 is 2.21 bits per heavy atom. The number of fused-ring (bicyclic) bond motifs is 4. The number of methoxy groups -OCH3 is 4. The van der Waals surface area contributed by atoms with Crippen molar-refractivity contribution in [3.63, 3.8) is 0 Å². The molecule has 2 heterocycles. The molecule has 0 bridgehead atoms. The van der Waals surface area contributed by atoms with Gasteiger partial charge in [-0.15, -0.1) is 11.8 Å². The van der Waals surface area contributed by atoms with Gasteiger partial charge in [-0.3, -0.25) is 4.79 Å². The van der Waals surface area contributed by atoms with Crippen LogP contribution in [0.4, 0.5) is 0 Å². The third-order valence-electron chi connectivity index (χ3n) is 6.57. The van der Waals surface area contributed by atoms with Gasteiger partial charge in [0.1, 0.15) is 0 Å². The molecule has 0 saturated heterocycles. The van der Waals surface area contributed by atoms with Crippen LogP contribution in [0.2, 0.25) is 0 Å². The van der Waals surface area contributed by atoms with Crippen LogP contribution in [0.15, 0.2) is 59.5 Å². The van der Waals surface area contributed by atoms with Crippen LogP contribution in [0.25, 0.3) is 0 Å². The van der Waals surface area contributed by atoms with E-state index in [0.29, 0.717) is 36.0 Å². The van der Waals surface area contributed by atoms with Crippen molar-refractivity contribution in [1.29, 1.82) is 0 Å². The number of amides is 1. The highest BCUT2D eigenvalue weighted by Gasteiger charge is 2.44. The fourth-order valence-electron chi connectivity index (χ4n) is 5.02. The molecule has 0 spiro atoms. The predicted molar refractivity (Wildman–Crippen MR) is 131 cm³/mol. The van der Waals surface area contributed by atoms with Gasteiger partial charge in [0.2, 0.25) is 5.91 Å². The van der Waals surface area contributed by atoms with Gasteiger partial charge in [-0.2, -0.15) is 0 Å². The summed E-state index contributed by atoms with van der Waals surface area (Å²) in [4.78, 5) is 16.6. The zero-order chi connectivity index (χ0) is 23.8. The van der Waals surface area contributed by atoms with Crippen molar-refractivity contribution in [3.05, 3.63) is 76.9 Å². The summed E-state index contributed by atoms with van der Waals surface area (Å²) in [6, 6.07) is 18.1. The van der Waals surface area contributed by atoms with Crippen molar-refractivity contribution in [2.75, 3.05) is 28.4 Å². The fraction of sp³-hybridized carbons (Fsp3) is 0.296. The third kappa shape index (κ3) is 3.64. The smallest absolute Gasteiger partial charge is 0.227 e. The summed E-state index contributed by atoms with van der Waals surface area (Å²) in [5.41, 5.74) is 4.20. The Kier molecular flexibility index (Phi) is 6.04. The van der Waals surface area contributed by atoms with Gasteiger partial charge in [0.15, 0.2) is 23.0 Å². The zero-order valence-electron chi connectivity index (χ0n) is 19.7. The Morgan fingerprint density at radius 1 is 0.824 bits per heavy atom. The Balaban J connectivity index is 1.72. The second-order valence-electron chi connectivity index (χ2n) is 8.27. The summed E-state index contributed by atoms with van der Waals surface area (Å²) in [6.07, 6.45) is 0.316. The normalized spacial score (nSPS) is 18.5. The molecule has 34 heavy (non-hydrogen) atoms. The lowest BCUT2D eigenvalue weighted by atomic mass is 9.82. The number of benzene rings is 3. The monoisotopic (exact) mass is 477 g/mol. The van der Waals surface area contributed by atoms with Crippen LogP contribution in [-0.2, 0) is 17.8 Å². The highest BCUT2D eigenvalue weighted by molar-refractivity contribution is 7.99. The van der Waals surface area contributed by atoms with Gasteiger partial charge in [-0.05, 0) is 47.0 Å². The minimum atomic E-state index is -0.160. The highest BCUT2D eigenvalue weighted by Crippen LogP contribution is 2.56. The first-order valence-corrected chi connectivity index (χ1v) is 12.0. The Morgan fingerprint density at radius 2 is 1.53 bits per heavy atom. The van der Waals surface area contributed by atoms with E-state index in [0.717, 1.165) is 27.1 Å². The van der Waals surface area contributed by atoms with Crippen LogP contribution in [0.1, 0.15) is 33.5 Å². The van der Waals surface area contributed by atoms with Gasteiger partial charge in [0.25, 0.3) is 0 Å². The summed E-state index contributed by atoms with van der Waals surface area (Å²) in [7, 11) is 6.54. The number of thioether (sulfide) groups is 1. The first kappa shape index (κ1) is 22.5. The van der Waals surface area contributed by atoms with Crippen LogP contribution < -0.4 is 18.9 Å². The van der Waals surface area contributed by atoms with E-state index in [1.165, 1.54) is 0 Å². The van der Waals surface area contributed by atoms with Gasteiger partial charge in [0.05, 0.1) is 52.7 Å². The van der Waals surface area contributed by atoms with Crippen LogP contribution >= 0.6 is 11.8 Å². The van der Waals surface area contributed by atoms with Crippen molar-refractivity contribution in [2.24, 2.45) is 0 Å². The fourth-order valence-corrected chi connectivity index (χ4v) is 6.39. The number of carbonyl (C=O) groups is 1. The van der Waals surface area contributed by atoms with Gasteiger partial charge >= 0.3 is 0 Å². The Hall–Kier alpha value is -3.32. The average Bonchev–Trinajstić information content (AvgIpc) is 2.87. The molecule has 3 aromatic rings. The minimum Gasteiger partial charge on any atom is -0.493 e. The van der Waals surface area contributed by atoms with Crippen LogP contribution in [0, 0.1) is 0 Å². The second-order valence-corrected chi connectivity index (χ2v) is 9.48. The second kappa shape index (κ2) is 9.14. The zero-order valence-corrected chi connectivity index (χ0v) is 20.5. The lowest BCUT2D eigenvalue weighted by molar-refractivity contribution is -0.135. The molecule has 2 aliphatic rings. The van der Waals surface area contributed by atoms with E-state index in [1.807, 2.05) is 41.3 Å². The SMILES string of the molecule is COc1cc2c(cc1OC)[C@@H]1[C@H](Sc3ccccc3)c3ccc(OC)c(OC)c3CN1C(=O)C2. The number of nitrogens with zero attached hydrogens (tertiary/aromatic N) is 1. The molecular weight excluding hydrogens is 450 g/mol. The molecular formula is C27H27NO5S. The highest BCUT2D eigenvalue weighted by atomic mass is 32.2. The van der Waals surface area contributed by atoms with Crippen molar-refractivity contribution in [2.45, 2.75) is 29.2 Å². The first-order valence-electron chi connectivity index (χ1n) is 11.1. The third-order valence-corrected chi connectivity index (χ3v) is 7.88. The summed E-state index contributed by atoms with van der Waals surface area (Å²) in [5.74, 6) is 2.73. The average molecular weight is 478 g/mol. The molecule has 0 radical (unpaired) electrons. The Labute approximate surface area is 203 Å². The van der Waals surface area contributed by atoms with E-state index >= 15 is 0 Å². The van der Waals surface area contributed by atoms with Crippen LogP contribution in [0.3, 0.4) is 0 Å². The molecule has 0 fully saturated rings. The van der Waals surface area contributed by atoms with Gasteiger partial charge in [0, 0.05) is 10.5 Å². The largest absolute Gasteiger partial charge is 0.493 e. The topological polar surface area (TPSA) is 57.2 Å². The van der Waals surface area contributed by atoms with E-state index in [1.54, 1.807) is 40.2 Å².